The predicted molar refractivity (Wildman–Crippen MR) is 103 cm³/mol. The fourth-order valence-corrected chi connectivity index (χ4v) is 3.47. The van der Waals surface area contributed by atoms with E-state index in [9.17, 15) is 4.79 Å². The summed E-state index contributed by atoms with van der Waals surface area (Å²) in [5.74, 6) is 0.699. The summed E-state index contributed by atoms with van der Waals surface area (Å²) >= 11 is 7.76. The Morgan fingerprint density at radius 2 is 2.00 bits per heavy atom. The molecule has 0 amide bonds. The van der Waals surface area contributed by atoms with Crippen LogP contribution in [0.3, 0.4) is 0 Å². The lowest BCUT2D eigenvalue weighted by Gasteiger charge is -2.15. The smallest absolute Gasteiger partial charge is 0.266 e. The number of fused-ring (bicyclic) bond motifs is 1. The molecule has 0 aliphatic carbocycles. The first kappa shape index (κ1) is 16.8. The van der Waals surface area contributed by atoms with Gasteiger partial charge < -0.3 is 0 Å². The highest BCUT2D eigenvalue weighted by Gasteiger charge is 2.15. The van der Waals surface area contributed by atoms with Crippen molar-refractivity contribution in [3.8, 4) is 5.69 Å². The van der Waals surface area contributed by atoms with E-state index >= 15 is 0 Å². The number of hydrogen-bond acceptors (Lipinski definition) is 3. The van der Waals surface area contributed by atoms with Gasteiger partial charge in [0.2, 0.25) is 0 Å². The molecule has 0 spiro atoms. The minimum atomic E-state index is -0.0878. The zero-order valence-electron chi connectivity index (χ0n) is 13.5. The molecule has 3 nitrogen and oxygen atoms in total. The summed E-state index contributed by atoms with van der Waals surface area (Å²) in [7, 11) is 0. The molecule has 24 heavy (non-hydrogen) atoms. The fourth-order valence-electron chi connectivity index (χ4n) is 2.45. The van der Waals surface area contributed by atoms with Crippen LogP contribution in [0.2, 0.25) is 5.02 Å². The van der Waals surface area contributed by atoms with Gasteiger partial charge in [-0.2, -0.15) is 0 Å². The van der Waals surface area contributed by atoms with Gasteiger partial charge >= 0.3 is 0 Å². The van der Waals surface area contributed by atoms with Crippen molar-refractivity contribution >= 4 is 34.3 Å². The quantitative estimate of drug-likeness (QED) is 0.374. The molecule has 122 valence electrons. The third-order valence-corrected chi connectivity index (χ3v) is 5.25. The molecule has 5 heteroatoms. The van der Waals surface area contributed by atoms with E-state index in [0.717, 1.165) is 16.8 Å². The molecule has 3 aromatic rings. The number of hydrogen-bond donors (Lipinski definition) is 0. The van der Waals surface area contributed by atoms with Crippen molar-refractivity contribution in [1.82, 2.24) is 9.55 Å². The van der Waals surface area contributed by atoms with Crippen LogP contribution in [0.25, 0.3) is 16.6 Å². The van der Waals surface area contributed by atoms with Crippen LogP contribution in [-0.4, -0.2) is 15.3 Å². The average molecular weight is 357 g/mol. The highest BCUT2D eigenvalue weighted by Crippen LogP contribution is 2.27. The molecule has 0 unspecified atom stereocenters. The van der Waals surface area contributed by atoms with Crippen LogP contribution in [0.5, 0.6) is 0 Å². The summed E-state index contributed by atoms with van der Waals surface area (Å²) in [6, 6.07) is 13.0. The normalized spacial score (nSPS) is 11.0. The second-order valence-corrected chi connectivity index (χ2v) is 7.03. The minimum Gasteiger partial charge on any atom is -0.268 e. The number of para-hydroxylation sites is 1. The van der Waals surface area contributed by atoms with E-state index in [4.69, 9.17) is 16.6 Å². The molecular formula is C19H17ClN2OS. The Labute approximate surface area is 150 Å². The molecular weight excluding hydrogens is 340 g/mol. The van der Waals surface area contributed by atoms with Gasteiger partial charge in [0.05, 0.1) is 16.6 Å². The Balaban J connectivity index is 2.33. The highest BCUT2D eigenvalue weighted by molar-refractivity contribution is 7.99. The Morgan fingerprint density at radius 1 is 1.25 bits per heavy atom. The minimum absolute atomic E-state index is 0.0878. The molecule has 0 N–H and O–H groups in total. The topological polar surface area (TPSA) is 34.9 Å². The molecule has 0 radical (unpaired) electrons. The summed E-state index contributed by atoms with van der Waals surface area (Å²) in [6.45, 7) is 7.80. The zero-order chi connectivity index (χ0) is 17.3. The standard InChI is InChI=1S/C19H17ClN2OS/c1-12(2)11-24-19-21-16-9-5-4-7-14(16)18(23)22(19)17-10-6-8-15(20)13(17)3/h4-10H,1,11H2,2-3H3. The summed E-state index contributed by atoms with van der Waals surface area (Å²) in [5.41, 5.74) is 3.25. The molecule has 0 fully saturated rings. The Kier molecular flexibility index (Phi) is 4.78. The summed E-state index contributed by atoms with van der Waals surface area (Å²) in [5, 5.41) is 1.87. The van der Waals surface area contributed by atoms with Crippen molar-refractivity contribution in [1.29, 1.82) is 0 Å². The van der Waals surface area contributed by atoms with Crippen LogP contribution in [0.15, 0.2) is 64.6 Å². The first-order valence-corrected chi connectivity index (χ1v) is 8.90. The van der Waals surface area contributed by atoms with Crippen LogP contribution in [-0.2, 0) is 0 Å². The number of nitrogens with zero attached hydrogens (tertiary/aromatic N) is 2. The van der Waals surface area contributed by atoms with E-state index in [1.807, 2.05) is 50.2 Å². The van der Waals surface area contributed by atoms with Gasteiger partial charge in [0.25, 0.3) is 5.56 Å². The van der Waals surface area contributed by atoms with Crippen molar-refractivity contribution in [3.05, 3.63) is 75.6 Å². The van der Waals surface area contributed by atoms with Crippen LogP contribution in [0.4, 0.5) is 0 Å². The third kappa shape index (κ3) is 3.12. The van der Waals surface area contributed by atoms with E-state index in [1.165, 1.54) is 11.8 Å². The van der Waals surface area contributed by atoms with Crippen molar-refractivity contribution in [2.75, 3.05) is 5.75 Å². The molecule has 3 rings (SSSR count). The second-order valence-electron chi connectivity index (χ2n) is 5.68. The average Bonchev–Trinajstić information content (AvgIpc) is 2.56. The van der Waals surface area contributed by atoms with Gasteiger partial charge in [-0.15, -0.1) is 0 Å². The van der Waals surface area contributed by atoms with E-state index in [-0.39, 0.29) is 5.56 Å². The zero-order valence-corrected chi connectivity index (χ0v) is 15.1. The first-order chi connectivity index (χ1) is 11.5. The van der Waals surface area contributed by atoms with E-state index < -0.39 is 0 Å². The first-order valence-electron chi connectivity index (χ1n) is 7.53. The van der Waals surface area contributed by atoms with Crippen molar-refractivity contribution < 1.29 is 0 Å². The van der Waals surface area contributed by atoms with Crippen LogP contribution >= 0.6 is 23.4 Å². The number of thioether (sulfide) groups is 1. The molecule has 0 saturated carbocycles. The molecule has 0 saturated heterocycles. The van der Waals surface area contributed by atoms with E-state index in [0.29, 0.717) is 26.8 Å². The van der Waals surface area contributed by atoms with Gasteiger partial charge in [-0.05, 0) is 43.7 Å². The molecule has 0 aliphatic rings. The number of aromatic nitrogens is 2. The maximum absolute atomic E-state index is 13.1. The van der Waals surface area contributed by atoms with Gasteiger partial charge in [-0.3, -0.25) is 9.36 Å². The molecule has 0 bridgehead atoms. The summed E-state index contributed by atoms with van der Waals surface area (Å²) in [4.78, 5) is 17.8. The lowest BCUT2D eigenvalue weighted by molar-refractivity contribution is 0.815. The predicted octanol–water partition coefficient (Wildman–Crippen LogP) is 5.02. The number of rotatable bonds is 4. The van der Waals surface area contributed by atoms with Gasteiger partial charge in [0.15, 0.2) is 5.16 Å². The molecule has 0 atom stereocenters. The van der Waals surface area contributed by atoms with E-state index in [2.05, 4.69) is 6.58 Å². The molecule has 1 aromatic heterocycles. The van der Waals surface area contributed by atoms with Gasteiger partial charge in [-0.1, -0.05) is 53.7 Å². The molecule has 0 aliphatic heterocycles. The summed E-state index contributed by atoms with van der Waals surface area (Å²) in [6.07, 6.45) is 0. The van der Waals surface area contributed by atoms with Crippen molar-refractivity contribution in [2.45, 2.75) is 19.0 Å². The van der Waals surface area contributed by atoms with Gasteiger partial charge in [0.1, 0.15) is 0 Å². The second kappa shape index (κ2) is 6.83. The third-order valence-electron chi connectivity index (χ3n) is 3.67. The SMILES string of the molecule is C=C(C)CSc1nc2ccccc2c(=O)n1-c1cccc(Cl)c1C. The Bertz CT molecular complexity index is 994. The lowest BCUT2D eigenvalue weighted by Crippen LogP contribution is -2.22. The van der Waals surface area contributed by atoms with Crippen LogP contribution in [0.1, 0.15) is 12.5 Å². The monoisotopic (exact) mass is 356 g/mol. The Hall–Kier alpha value is -2.04. The lowest BCUT2D eigenvalue weighted by atomic mass is 10.2. The maximum atomic E-state index is 13.1. The highest BCUT2D eigenvalue weighted by atomic mass is 35.5. The van der Waals surface area contributed by atoms with Crippen molar-refractivity contribution in [3.63, 3.8) is 0 Å². The summed E-state index contributed by atoms with van der Waals surface area (Å²) < 4.78 is 1.65. The van der Waals surface area contributed by atoms with E-state index in [1.54, 1.807) is 10.6 Å². The van der Waals surface area contributed by atoms with Crippen molar-refractivity contribution in [2.24, 2.45) is 0 Å². The molecule has 2 aromatic carbocycles. The fraction of sp³-hybridized carbons (Fsp3) is 0.158. The maximum Gasteiger partial charge on any atom is 0.266 e. The van der Waals surface area contributed by atoms with Gasteiger partial charge in [-0.25, -0.2) is 4.98 Å². The van der Waals surface area contributed by atoms with Crippen LogP contribution < -0.4 is 5.56 Å². The van der Waals surface area contributed by atoms with Gasteiger partial charge in [0, 0.05) is 10.8 Å². The number of benzene rings is 2. The largest absolute Gasteiger partial charge is 0.268 e. The van der Waals surface area contributed by atoms with Crippen LogP contribution in [0, 0.1) is 6.92 Å². The molecule has 1 heterocycles. The number of halogens is 1. The Morgan fingerprint density at radius 3 is 2.75 bits per heavy atom.